The molecule has 2 amide bonds. The minimum atomic E-state index is -0.221. The maximum absolute atomic E-state index is 12.8. The number of aromatic nitrogens is 3. The maximum atomic E-state index is 12.8. The number of imide groups is 1. The predicted molar refractivity (Wildman–Crippen MR) is 150 cm³/mol. The minimum absolute atomic E-state index is 0. The fraction of sp³-hybridized carbons (Fsp3) is 0.462. The van der Waals surface area contributed by atoms with E-state index < -0.39 is 0 Å². The van der Waals surface area contributed by atoms with E-state index in [9.17, 15) is 9.59 Å². The molecule has 3 unspecified atom stereocenters. The molecule has 0 spiro atoms. The van der Waals surface area contributed by atoms with Crippen molar-refractivity contribution >= 4 is 59.4 Å². The molecule has 9 nitrogen and oxygen atoms in total. The number of carbonyl (C=O) groups excluding carboxylic acids is 2. The van der Waals surface area contributed by atoms with Gasteiger partial charge in [-0.2, -0.15) is 5.10 Å². The Bertz CT molecular complexity index is 1360. The number of anilines is 1. The van der Waals surface area contributed by atoms with Crippen LogP contribution in [-0.4, -0.2) is 63.7 Å². The predicted octanol–water partition coefficient (Wildman–Crippen LogP) is 3.74. The number of halogens is 3. The molecule has 204 valence electrons. The number of hydrogen-bond acceptors (Lipinski definition) is 7. The topological polar surface area (TPSA) is 101 Å². The number of ether oxygens (including phenoxy) is 1. The minimum Gasteiger partial charge on any atom is -0.382 e. The van der Waals surface area contributed by atoms with Crippen molar-refractivity contribution in [3.63, 3.8) is 0 Å². The molecule has 3 fully saturated rings. The second kappa shape index (κ2) is 10.6. The molecule has 2 N–H and O–H groups in total. The van der Waals surface area contributed by atoms with Crippen molar-refractivity contribution in [2.75, 3.05) is 31.6 Å². The van der Waals surface area contributed by atoms with E-state index in [2.05, 4.69) is 20.7 Å². The lowest BCUT2D eigenvalue weighted by molar-refractivity contribution is -0.143. The zero-order valence-corrected chi connectivity index (χ0v) is 23.8. The van der Waals surface area contributed by atoms with Crippen molar-refractivity contribution in [2.24, 2.45) is 17.3 Å². The molecule has 0 radical (unpaired) electrons. The summed E-state index contributed by atoms with van der Waals surface area (Å²) in [5.74, 6) is -0.534. The second-order valence-electron chi connectivity index (χ2n) is 10.5. The zero-order chi connectivity index (χ0) is 25.2. The van der Waals surface area contributed by atoms with Gasteiger partial charge < -0.3 is 15.4 Å². The van der Waals surface area contributed by atoms with Gasteiger partial charge in [-0.05, 0) is 41.7 Å². The number of carbonyl (C=O) groups is 2. The van der Waals surface area contributed by atoms with E-state index in [1.165, 1.54) is 11.2 Å². The van der Waals surface area contributed by atoms with E-state index >= 15 is 0 Å². The van der Waals surface area contributed by atoms with Gasteiger partial charge in [-0.1, -0.05) is 25.4 Å². The Morgan fingerprint density at radius 1 is 1.18 bits per heavy atom. The van der Waals surface area contributed by atoms with Crippen LogP contribution in [0.2, 0.25) is 5.02 Å². The number of likely N-dealkylation sites (tertiary alicyclic amines) is 1. The first-order valence-electron chi connectivity index (χ1n) is 12.3. The third kappa shape index (κ3) is 4.75. The summed E-state index contributed by atoms with van der Waals surface area (Å²) < 4.78 is 7.58. The molecule has 2 saturated heterocycles. The van der Waals surface area contributed by atoms with Gasteiger partial charge in [0.15, 0.2) is 0 Å². The summed E-state index contributed by atoms with van der Waals surface area (Å²) in [6, 6.07) is 5.76. The van der Waals surface area contributed by atoms with Crippen molar-refractivity contribution in [1.29, 1.82) is 0 Å². The molecule has 1 saturated carbocycles. The molecule has 3 atom stereocenters. The summed E-state index contributed by atoms with van der Waals surface area (Å²) in [6.45, 7) is 9.21. The van der Waals surface area contributed by atoms with E-state index in [4.69, 9.17) is 16.3 Å². The normalized spacial score (nSPS) is 23.6. The third-order valence-electron chi connectivity index (χ3n) is 7.76. The van der Waals surface area contributed by atoms with Crippen LogP contribution >= 0.6 is 36.4 Å². The first-order valence-corrected chi connectivity index (χ1v) is 12.7. The van der Waals surface area contributed by atoms with Crippen molar-refractivity contribution in [2.45, 2.75) is 33.4 Å². The van der Waals surface area contributed by atoms with E-state index in [1.54, 1.807) is 4.52 Å². The zero-order valence-electron chi connectivity index (χ0n) is 21.4. The monoisotopic (exact) mass is 580 g/mol. The van der Waals surface area contributed by atoms with Gasteiger partial charge in [-0.15, -0.1) is 24.8 Å². The van der Waals surface area contributed by atoms with Crippen LogP contribution < -0.4 is 10.6 Å². The van der Waals surface area contributed by atoms with Crippen molar-refractivity contribution < 1.29 is 14.3 Å². The van der Waals surface area contributed by atoms with E-state index in [-0.39, 0.29) is 66.5 Å². The van der Waals surface area contributed by atoms with Crippen LogP contribution in [0.4, 0.5) is 5.69 Å². The summed E-state index contributed by atoms with van der Waals surface area (Å²) in [7, 11) is 0. The molecule has 2 aliphatic heterocycles. The molecule has 2 aromatic heterocycles. The lowest BCUT2D eigenvalue weighted by atomic mass is 10.0. The van der Waals surface area contributed by atoms with Crippen molar-refractivity contribution in [1.82, 2.24) is 24.8 Å². The summed E-state index contributed by atoms with van der Waals surface area (Å²) in [5, 5.41) is 11.9. The van der Waals surface area contributed by atoms with Crippen LogP contribution in [0.1, 0.15) is 25.0 Å². The number of piperidine rings is 1. The Labute approximate surface area is 238 Å². The number of nitrogens with one attached hydrogen (secondary N) is 2. The number of amides is 2. The molecular formula is C26H31Cl3N6O3. The van der Waals surface area contributed by atoms with Crippen molar-refractivity contribution in [3.05, 3.63) is 46.9 Å². The number of fused-ring (bicyclic) bond motifs is 2. The van der Waals surface area contributed by atoms with Crippen LogP contribution in [0.25, 0.3) is 16.8 Å². The highest BCUT2D eigenvalue weighted by Gasteiger charge is 2.72. The average molecular weight is 582 g/mol. The Kier molecular flexibility index (Phi) is 7.99. The highest BCUT2D eigenvalue weighted by molar-refractivity contribution is 6.31. The fourth-order valence-electron chi connectivity index (χ4n) is 5.75. The van der Waals surface area contributed by atoms with Crippen LogP contribution in [0, 0.1) is 24.2 Å². The Hall–Kier alpha value is -2.43. The maximum Gasteiger partial charge on any atom is 0.233 e. The number of morpholine rings is 1. The van der Waals surface area contributed by atoms with Gasteiger partial charge in [0.25, 0.3) is 0 Å². The van der Waals surface area contributed by atoms with Gasteiger partial charge in [-0.3, -0.25) is 14.5 Å². The third-order valence-corrected chi connectivity index (χ3v) is 7.98. The summed E-state index contributed by atoms with van der Waals surface area (Å²) in [4.78, 5) is 31.7. The molecule has 3 aromatic rings. The largest absolute Gasteiger partial charge is 0.382 e. The van der Waals surface area contributed by atoms with E-state index in [0.29, 0.717) is 18.2 Å². The molecule has 38 heavy (non-hydrogen) atoms. The molecule has 1 aromatic carbocycles. The fourth-order valence-corrected chi connectivity index (χ4v) is 6.02. The quantitative estimate of drug-likeness (QED) is 0.428. The number of aryl methyl sites for hydroxylation is 1. The van der Waals surface area contributed by atoms with Gasteiger partial charge in [0.2, 0.25) is 11.8 Å². The summed E-state index contributed by atoms with van der Waals surface area (Å²) in [6.07, 6.45) is 3.42. The number of nitrogens with zero attached hydrogens (tertiary/aromatic N) is 4. The van der Waals surface area contributed by atoms with Crippen LogP contribution in [0.5, 0.6) is 0 Å². The van der Waals surface area contributed by atoms with Gasteiger partial charge in [-0.25, -0.2) is 9.50 Å². The molecule has 1 aliphatic carbocycles. The SMILES string of the molecule is Cc1cc(Cl)cc(-c2ncnn3cc(CN4C(=O)C5C(C4=O)C5(C)C)cc23)c1NCC1CNCCO1.Cl.Cl. The van der Waals surface area contributed by atoms with Gasteiger partial charge in [0, 0.05) is 42.1 Å². The van der Waals surface area contributed by atoms with Crippen LogP contribution in [0.15, 0.2) is 30.7 Å². The van der Waals surface area contributed by atoms with Gasteiger partial charge >= 0.3 is 0 Å². The van der Waals surface area contributed by atoms with Crippen molar-refractivity contribution in [3.8, 4) is 11.3 Å². The van der Waals surface area contributed by atoms with Crippen LogP contribution in [0.3, 0.4) is 0 Å². The lowest BCUT2D eigenvalue weighted by Crippen LogP contribution is -2.42. The summed E-state index contributed by atoms with van der Waals surface area (Å²) >= 11 is 6.47. The molecule has 4 heterocycles. The highest BCUT2D eigenvalue weighted by atomic mass is 35.5. The first kappa shape index (κ1) is 28.6. The Morgan fingerprint density at radius 2 is 1.92 bits per heavy atom. The lowest BCUT2D eigenvalue weighted by Gasteiger charge is -2.25. The molecular weight excluding hydrogens is 551 g/mol. The highest BCUT2D eigenvalue weighted by Crippen LogP contribution is 2.63. The van der Waals surface area contributed by atoms with E-state index in [1.807, 2.05) is 45.2 Å². The number of benzene rings is 1. The summed E-state index contributed by atoms with van der Waals surface area (Å²) in [5.41, 5.74) is 4.89. The Balaban J connectivity index is 0.00000168. The van der Waals surface area contributed by atoms with Crippen LogP contribution in [-0.2, 0) is 20.9 Å². The van der Waals surface area contributed by atoms with E-state index in [0.717, 1.165) is 46.7 Å². The number of rotatable bonds is 6. The smallest absolute Gasteiger partial charge is 0.233 e. The number of hydrogen-bond donors (Lipinski definition) is 2. The second-order valence-corrected chi connectivity index (χ2v) is 11.0. The molecule has 0 bridgehead atoms. The van der Waals surface area contributed by atoms with Gasteiger partial charge in [0.05, 0.1) is 42.3 Å². The average Bonchev–Trinajstić information content (AvgIpc) is 3.10. The van der Waals surface area contributed by atoms with Gasteiger partial charge in [0.1, 0.15) is 6.33 Å². The Morgan fingerprint density at radius 3 is 2.61 bits per heavy atom. The molecule has 3 aliphatic rings. The molecule has 6 rings (SSSR count). The standard InChI is InChI=1S/C26H29ClN6O3.2ClH/c1-14-6-16(27)8-18(22(14)29-10-17-9-28-4-5-36-17)23-19-7-15(12-33(19)31-13-30-23)11-32-24(34)20-21(25(32)35)26(20,2)3;;/h6-8,12-13,17,20-21,28-29H,4-5,9-11H2,1-3H3;2*1H. The molecule has 12 heteroatoms. The first-order chi connectivity index (χ1) is 17.3.